The van der Waals surface area contributed by atoms with E-state index in [1.54, 1.807) is 6.07 Å². The predicted molar refractivity (Wildman–Crippen MR) is 62.2 cm³/mol. The smallest absolute Gasteiger partial charge is 0.163 e. The third kappa shape index (κ3) is 3.56. The highest BCUT2D eigenvalue weighted by molar-refractivity contribution is 5.21. The van der Waals surface area contributed by atoms with Gasteiger partial charge in [-0.05, 0) is 31.9 Å². The molecule has 16 heavy (non-hydrogen) atoms. The SMILES string of the molecule is CC(C)CCNC(C)c1cccc(F)c1F. The highest BCUT2D eigenvalue weighted by Crippen LogP contribution is 2.18. The molecule has 0 saturated carbocycles. The number of rotatable bonds is 5. The van der Waals surface area contributed by atoms with E-state index in [0.29, 0.717) is 11.5 Å². The minimum atomic E-state index is -0.782. The van der Waals surface area contributed by atoms with Gasteiger partial charge in [0.15, 0.2) is 11.6 Å². The lowest BCUT2D eigenvalue weighted by Crippen LogP contribution is -2.22. The first kappa shape index (κ1) is 13.1. The summed E-state index contributed by atoms with van der Waals surface area (Å²) in [6, 6.07) is 4.13. The fourth-order valence-electron chi connectivity index (χ4n) is 1.55. The van der Waals surface area contributed by atoms with Gasteiger partial charge in [-0.1, -0.05) is 26.0 Å². The molecule has 0 spiro atoms. The van der Waals surface area contributed by atoms with Gasteiger partial charge in [0.25, 0.3) is 0 Å². The van der Waals surface area contributed by atoms with Gasteiger partial charge in [0.1, 0.15) is 0 Å². The molecule has 0 radical (unpaired) electrons. The average molecular weight is 227 g/mol. The van der Waals surface area contributed by atoms with Crippen LogP contribution in [0.2, 0.25) is 0 Å². The van der Waals surface area contributed by atoms with Gasteiger partial charge in [0.05, 0.1) is 0 Å². The van der Waals surface area contributed by atoms with Gasteiger partial charge in [0.2, 0.25) is 0 Å². The molecule has 0 aromatic heterocycles. The molecule has 1 atom stereocenters. The summed E-state index contributed by atoms with van der Waals surface area (Å²) in [5, 5.41) is 3.19. The molecule has 1 N–H and O–H groups in total. The number of benzene rings is 1. The first-order chi connectivity index (χ1) is 7.52. The van der Waals surface area contributed by atoms with Crippen LogP contribution in [-0.2, 0) is 0 Å². The lowest BCUT2D eigenvalue weighted by atomic mass is 10.1. The third-order valence-electron chi connectivity index (χ3n) is 2.62. The molecule has 0 fully saturated rings. The van der Waals surface area contributed by atoms with E-state index >= 15 is 0 Å². The van der Waals surface area contributed by atoms with Crippen molar-refractivity contribution in [3.63, 3.8) is 0 Å². The monoisotopic (exact) mass is 227 g/mol. The molecule has 0 bridgehead atoms. The molecule has 1 unspecified atom stereocenters. The molecule has 0 heterocycles. The zero-order valence-corrected chi connectivity index (χ0v) is 10.1. The summed E-state index contributed by atoms with van der Waals surface area (Å²) in [5.74, 6) is -0.917. The first-order valence-electron chi connectivity index (χ1n) is 5.69. The van der Waals surface area contributed by atoms with Crippen LogP contribution in [0.4, 0.5) is 8.78 Å². The van der Waals surface area contributed by atoms with Crippen molar-refractivity contribution in [3.05, 3.63) is 35.4 Å². The number of nitrogens with one attached hydrogen (secondary N) is 1. The topological polar surface area (TPSA) is 12.0 Å². The van der Waals surface area contributed by atoms with E-state index in [1.165, 1.54) is 6.07 Å². The Bertz CT molecular complexity index is 337. The van der Waals surface area contributed by atoms with Crippen LogP contribution >= 0.6 is 0 Å². The Labute approximate surface area is 95.9 Å². The molecule has 0 aliphatic rings. The normalized spacial score (nSPS) is 13.1. The second kappa shape index (κ2) is 5.94. The van der Waals surface area contributed by atoms with Crippen molar-refractivity contribution < 1.29 is 8.78 Å². The fraction of sp³-hybridized carbons (Fsp3) is 0.538. The van der Waals surface area contributed by atoms with Crippen LogP contribution in [0.15, 0.2) is 18.2 Å². The van der Waals surface area contributed by atoms with Crippen LogP contribution in [0.1, 0.15) is 38.8 Å². The zero-order valence-electron chi connectivity index (χ0n) is 10.1. The average Bonchev–Trinajstić information content (AvgIpc) is 2.21. The van der Waals surface area contributed by atoms with E-state index in [-0.39, 0.29) is 6.04 Å². The van der Waals surface area contributed by atoms with Gasteiger partial charge < -0.3 is 5.32 Å². The van der Waals surface area contributed by atoms with E-state index in [0.717, 1.165) is 19.0 Å². The second-order valence-corrected chi connectivity index (χ2v) is 4.50. The summed E-state index contributed by atoms with van der Waals surface area (Å²) in [7, 11) is 0. The van der Waals surface area contributed by atoms with Crippen molar-refractivity contribution in [2.45, 2.75) is 33.2 Å². The number of hydrogen-bond acceptors (Lipinski definition) is 1. The van der Waals surface area contributed by atoms with Crippen LogP contribution in [0.5, 0.6) is 0 Å². The Kier molecular flexibility index (Phi) is 4.87. The third-order valence-corrected chi connectivity index (χ3v) is 2.62. The molecule has 1 aromatic carbocycles. The van der Waals surface area contributed by atoms with E-state index in [9.17, 15) is 8.78 Å². The Hall–Kier alpha value is -0.960. The number of halogens is 2. The molecule has 0 amide bonds. The summed E-state index contributed by atoms with van der Waals surface area (Å²) >= 11 is 0. The van der Waals surface area contributed by atoms with Crippen LogP contribution in [0, 0.1) is 17.6 Å². The minimum absolute atomic E-state index is 0.158. The van der Waals surface area contributed by atoms with Crippen LogP contribution in [0.25, 0.3) is 0 Å². The van der Waals surface area contributed by atoms with Gasteiger partial charge in [-0.3, -0.25) is 0 Å². The zero-order chi connectivity index (χ0) is 12.1. The van der Waals surface area contributed by atoms with E-state index in [2.05, 4.69) is 19.2 Å². The molecule has 1 rings (SSSR count). The quantitative estimate of drug-likeness (QED) is 0.809. The lowest BCUT2D eigenvalue weighted by molar-refractivity contribution is 0.458. The van der Waals surface area contributed by atoms with Gasteiger partial charge in [-0.2, -0.15) is 0 Å². The Morgan fingerprint density at radius 3 is 2.50 bits per heavy atom. The minimum Gasteiger partial charge on any atom is -0.310 e. The predicted octanol–water partition coefficient (Wildman–Crippen LogP) is 3.66. The summed E-state index contributed by atoms with van der Waals surface area (Å²) in [6.45, 7) is 6.93. The molecule has 1 aromatic rings. The molecule has 0 aliphatic carbocycles. The highest BCUT2D eigenvalue weighted by Gasteiger charge is 2.13. The van der Waals surface area contributed by atoms with Crippen LogP contribution in [-0.4, -0.2) is 6.54 Å². The maximum atomic E-state index is 13.4. The van der Waals surface area contributed by atoms with Gasteiger partial charge in [-0.25, -0.2) is 8.78 Å². The molecule has 1 nitrogen and oxygen atoms in total. The Balaban J connectivity index is 2.59. The lowest BCUT2D eigenvalue weighted by Gasteiger charge is -2.16. The van der Waals surface area contributed by atoms with Crippen molar-refractivity contribution in [2.24, 2.45) is 5.92 Å². The molecule has 3 heteroatoms. The van der Waals surface area contributed by atoms with Crippen molar-refractivity contribution >= 4 is 0 Å². The second-order valence-electron chi connectivity index (χ2n) is 4.50. The molecule has 0 aliphatic heterocycles. The largest absolute Gasteiger partial charge is 0.310 e. The summed E-state index contributed by atoms with van der Waals surface area (Å²) in [6.07, 6.45) is 1.03. The summed E-state index contributed by atoms with van der Waals surface area (Å²) in [5.41, 5.74) is 0.392. The fourth-order valence-corrected chi connectivity index (χ4v) is 1.55. The van der Waals surface area contributed by atoms with E-state index in [4.69, 9.17) is 0 Å². The van der Waals surface area contributed by atoms with Gasteiger partial charge in [-0.15, -0.1) is 0 Å². The van der Waals surface area contributed by atoms with E-state index < -0.39 is 11.6 Å². The Morgan fingerprint density at radius 1 is 1.19 bits per heavy atom. The molecule has 90 valence electrons. The summed E-state index contributed by atoms with van der Waals surface area (Å²) in [4.78, 5) is 0. The molecular formula is C13H19F2N. The van der Waals surface area contributed by atoms with Crippen molar-refractivity contribution in [2.75, 3.05) is 6.54 Å². The standard InChI is InChI=1S/C13H19F2N/c1-9(2)7-8-16-10(3)11-5-4-6-12(14)13(11)15/h4-6,9-10,16H,7-8H2,1-3H3. The van der Waals surface area contributed by atoms with E-state index in [1.807, 2.05) is 6.92 Å². The maximum Gasteiger partial charge on any atom is 0.163 e. The van der Waals surface area contributed by atoms with Crippen LogP contribution < -0.4 is 5.32 Å². The molecular weight excluding hydrogens is 208 g/mol. The maximum absolute atomic E-state index is 13.4. The molecule has 0 saturated heterocycles. The van der Waals surface area contributed by atoms with Gasteiger partial charge >= 0.3 is 0 Å². The van der Waals surface area contributed by atoms with Crippen molar-refractivity contribution in [3.8, 4) is 0 Å². The van der Waals surface area contributed by atoms with Crippen molar-refractivity contribution in [1.29, 1.82) is 0 Å². The van der Waals surface area contributed by atoms with Crippen LogP contribution in [0.3, 0.4) is 0 Å². The first-order valence-corrected chi connectivity index (χ1v) is 5.69. The van der Waals surface area contributed by atoms with Crippen molar-refractivity contribution in [1.82, 2.24) is 5.32 Å². The number of hydrogen-bond donors (Lipinski definition) is 1. The highest BCUT2D eigenvalue weighted by atomic mass is 19.2. The Morgan fingerprint density at radius 2 is 1.88 bits per heavy atom. The van der Waals surface area contributed by atoms with Gasteiger partial charge in [0, 0.05) is 11.6 Å². The summed E-state index contributed by atoms with van der Waals surface area (Å²) < 4.78 is 26.4.